The summed E-state index contributed by atoms with van der Waals surface area (Å²) in [7, 11) is 2.86. The summed E-state index contributed by atoms with van der Waals surface area (Å²) in [5.41, 5.74) is 2.01. The lowest BCUT2D eigenvalue weighted by atomic mass is 9.66. The van der Waals surface area contributed by atoms with Crippen molar-refractivity contribution in [1.82, 2.24) is 0 Å². The van der Waals surface area contributed by atoms with E-state index in [1.165, 1.54) is 14.2 Å². The molecule has 234 valence electrons. The predicted molar refractivity (Wildman–Crippen MR) is 146 cm³/mol. The molecule has 0 bridgehead atoms. The van der Waals surface area contributed by atoms with E-state index < -0.39 is 66.8 Å². The topological polar surface area (TPSA) is 161 Å². The van der Waals surface area contributed by atoms with Gasteiger partial charge in [0, 0.05) is 11.8 Å². The largest absolute Gasteiger partial charge is 0.502 e. The summed E-state index contributed by atoms with van der Waals surface area (Å²) in [6, 6.07) is 6.93. The molecule has 0 saturated carbocycles. The smallest absolute Gasteiger partial charge is 0.310 e. The third-order valence-corrected chi connectivity index (χ3v) is 8.75. The molecule has 0 spiro atoms. The van der Waals surface area contributed by atoms with Crippen molar-refractivity contribution in [3.05, 3.63) is 41.0 Å². The van der Waals surface area contributed by atoms with Crippen LogP contribution in [0.2, 0.25) is 0 Å². The molecule has 4 heterocycles. The summed E-state index contributed by atoms with van der Waals surface area (Å²) in [6.07, 6.45) is -6.80. The molecule has 43 heavy (non-hydrogen) atoms. The van der Waals surface area contributed by atoms with E-state index in [1.54, 1.807) is 31.2 Å². The van der Waals surface area contributed by atoms with Crippen LogP contribution in [0, 0.1) is 11.8 Å². The first-order chi connectivity index (χ1) is 20.3. The Balaban J connectivity index is 0.00000329. The molecule has 5 aliphatic rings. The van der Waals surface area contributed by atoms with E-state index in [1.807, 2.05) is 0 Å². The van der Waals surface area contributed by atoms with Gasteiger partial charge in [0.05, 0.1) is 39.5 Å². The molecule has 2 unspecified atom stereocenters. The van der Waals surface area contributed by atoms with Crippen molar-refractivity contribution in [2.24, 2.45) is 11.8 Å². The number of methoxy groups -OCH3 is 2. The SMILES string of the molecule is COc1cc([C@@H]2c3cc4c(cc3C(O[C@@H]3O[C@@H]5CO[C@@H](C)O[C@H]5[C@H](O)[C@H]3O)C3COC(=O)[C@@H]32)OCO4)cc(OC)c1O.Cl. The molecule has 13 nitrogen and oxygen atoms in total. The van der Waals surface area contributed by atoms with Crippen LogP contribution in [0.5, 0.6) is 28.7 Å². The van der Waals surface area contributed by atoms with Crippen LogP contribution in [0.25, 0.3) is 0 Å². The Morgan fingerprint density at radius 3 is 2.23 bits per heavy atom. The first-order valence-corrected chi connectivity index (χ1v) is 13.8. The fraction of sp³-hybridized carbons (Fsp3) is 0.552. The van der Waals surface area contributed by atoms with Gasteiger partial charge in [-0.05, 0) is 47.9 Å². The number of esters is 1. The predicted octanol–water partition coefficient (Wildman–Crippen LogP) is 1.76. The Bertz CT molecular complexity index is 1360. The maximum atomic E-state index is 13.4. The number of benzene rings is 2. The number of ether oxygens (including phenoxy) is 9. The van der Waals surface area contributed by atoms with Crippen molar-refractivity contribution < 1.29 is 62.7 Å². The molecule has 3 fully saturated rings. The number of aliphatic hydroxyl groups is 2. The molecule has 3 saturated heterocycles. The molecule has 2 aromatic carbocycles. The number of hydrogen-bond donors (Lipinski definition) is 3. The molecule has 0 radical (unpaired) electrons. The number of rotatable bonds is 5. The minimum absolute atomic E-state index is 0. The van der Waals surface area contributed by atoms with Crippen LogP contribution in [-0.2, 0) is 28.5 Å². The van der Waals surface area contributed by atoms with Gasteiger partial charge in [0.25, 0.3) is 0 Å². The average molecular weight is 625 g/mol. The molecule has 0 aromatic heterocycles. The highest BCUT2D eigenvalue weighted by Gasteiger charge is 2.56. The minimum Gasteiger partial charge on any atom is -0.502 e. The fourth-order valence-corrected chi connectivity index (χ4v) is 6.74. The summed E-state index contributed by atoms with van der Waals surface area (Å²) in [4.78, 5) is 13.4. The van der Waals surface area contributed by atoms with Gasteiger partial charge in [-0.3, -0.25) is 4.79 Å². The molecule has 0 amide bonds. The zero-order valence-corrected chi connectivity index (χ0v) is 24.4. The average Bonchev–Trinajstić information content (AvgIpc) is 3.61. The summed E-state index contributed by atoms with van der Waals surface area (Å²) < 4.78 is 51.5. The van der Waals surface area contributed by atoms with Crippen LogP contribution in [0.15, 0.2) is 24.3 Å². The monoisotopic (exact) mass is 624 g/mol. The van der Waals surface area contributed by atoms with E-state index >= 15 is 0 Å². The van der Waals surface area contributed by atoms with Crippen molar-refractivity contribution in [2.45, 2.75) is 55.9 Å². The van der Waals surface area contributed by atoms with E-state index in [9.17, 15) is 20.1 Å². The standard InChI is InChI=1S/C29H32O13.ClH/c1-11-36-9-20-27(40-11)24(31)25(32)29(41-20)42-26-14-7-17-16(38-10-39-17)6-13(14)21(22-15(26)8-37-28(22)33)12-4-18(34-2)23(30)19(5-12)35-3;/h4-7,11,15,20-22,24-27,29-32H,8-10H2,1-3H3;1H/t11-,15?,20-,21-,22+,24-,25-,26?,27-,29+;/m1./s1. The number of carbonyl (C=O) groups excluding carboxylic acids is 1. The summed E-state index contributed by atoms with van der Waals surface area (Å²) in [6.45, 7) is 1.93. The highest BCUT2D eigenvalue weighted by atomic mass is 35.5. The number of fused-ring (bicyclic) bond motifs is 4. The highest BCUT2D eigenvalue weighted by Crippen LogP contribution is 2.57. The van der Waals surface area contributed by atoms with Crippen molar-refractivity contribution in [3.63, 3.8) is 0 Å². The molecule has 3 N–H and O–H groups in total. The fourth-order valence-electron chi connectivity index (χ4n) is 6.74. The molecule has 14 heteroatoms. The molecule has 7 rings (SSSR count). The van der Waals surface area contributed by atoms with Crippen LogP contribution >= 0.6 is 12.4 Å². The lowest BCUT2D eigenvalue weighted by Gasteiger charge is -2.47. The van der Waals surface area contributed by atoms with Gasteiger partial charge in [0.2, 0.25) is 12.5 Å². The first-order valence-electron chi connectivity index (χ1n) is 13.8. The second-order valence-electron chi connectivity index (χ2n) is 11.0. The van der Waals surface area contributed by atoms with Gasteiger partial charge >= 0.3 is 5.97 Å². The van der Waals surface area contributed by atoms with E-state index in [-0.39, 0.29) is 49.7 Å². The van der Waals surface area contributed by atoms with Crippen molar-refractivity contribution >= 4 is 18.4 Å². The van der Waals surface area contributed by atoms with Crippen LogP contribution in [0.1, 0.15) is 35.6 Å². The molecular weight excluding hydrogens is 592 g/mol. The lowest BCUT2D eigenvalue weighted by Crippen LogP contribution is -2.63. The number of hydrogen-bond acceptors (Lipinski definition) is 13. The molecule has 2 aromatic rings. The minimum atomic E-state index is -1.44. The summed E-state index contributed by atoms with van der Waals surface area (Å²) in [5.74, 6) is -1.02. The van der Waals surface area contributed by atoms with Gasteiger partial charge in [-0.25, -0.2) is 0 Å². The quantitative estimate of drug-likeness (QED) is 0.413. The second kappa shape index (κ2) is 11.5. The van der Waals surface area contributed by atoms with E-state index in [0.717, 1.165) is 0 Å². The third kappa shape index (κ3) is 4.83. The summed E-state index contributed by atoms with van der Waals surface area (Å²) in [5, 5.41) is 32.5. The normalized spacial score (nSPS) is 35.6. The number of phenolic OH excluding ortho intramolecular Hbond substituents is 1. The number of halogens is 1. The van der Waals surface area contributed by atoms with Crippen LogP contribution in [0.3, 0.4) is 0 Å². The van der Waals surface area contributed by atoms with Crippen LogP contribution in [0.4, 0.5) is 0 Å². The maximum Gasteiger partial charge on any atom is 0.310 e. The Morgan fingerprint density at radius 1 is 0.884 bits per heavy atom. The van der Waals surface area contributed by atoms with Gasteiger partial charge in [-0.15, -0.1) is 12.4 Å². The Labute approximate surface area is 252 Å². The number of phenols is 1. The molecular formula is C29H33ClO13. The zero-order valence-electron chi connectivity index (χ0n) is 23.5. The second-order valence-corrected chi connectivity index (χ2v) is 11.0. The lowest BCUT2D eigenvalue weighted by molar-refractivity contribution is -0.364. The van der Waals surface area contributed by atoms with Gasteiger partial charge in [0.15, 0.2) is 35.6 Å². The van der Waals surface area contributed by atoms with Crippen molar-refractivity contribution in [2.75, 3.05) is 34.2 Å². The van der Waals surface area contributed by atoms with Crippen molar-refractivity contribution in [3.8, 4) is 28.7 Å². The first kappa shape index (κ1) is 30.0. The van der Waals surface area contributed by atoms with Gasteiger partial charge in [-0.1, -0.05) is 0 Å². The Hall–Kier alpha value is -3.04. The number of aliphatic hydroxyl groups excluding tert-OH is 2. The van der Waals surface area contributed by atoms with E-state index in [2.05, 4.69) is 0 Å². The highest BCUT2D eigenvalue weighted by molar-refractivity contribution is 5.85. The number of cyclic esters (lactones) is 1. The van der Waals surface area contributed by atoms with Crippen LogP contribution in [-0.4, -0.2) is 92.5 Å². The van der Waals surface area contributed by atoms with Gasteiger partial charge in [-0.2, -0.15) is 0 Å². The molecule has 4 aliphatic heterocycles. The van der Waals surface area contributed by atoms with Gasteiger partial charge in [0.1, 0.15) is 24.4 Å². The van der Waals surface area contributed by atoms with E-state index in [0.29, 0.717) is 28.2 Å². The van der Waals surface area contributed by atoms with E-state index in [4.69, 9.17) is 42.6 Å². The zero-order chi connectivity index (χ0) is 29.3. The molecule has 10 atom stereocenters. The molecule has 1 aliphatic carbocycles. The van der Waals surface area contributed by atoms with Gasteiger partial charge < -0.3 is 58.0 Å². The van der Waals surface area contributed by atoms with Crippen LogP contribution < -0.4 is 18.9 Å². The number of aromatic hydroxyl groups is 1. The Morgan fingerprint density at radius 2 is 1.56 bits per heavy atom. The third-order valence-electron chi connectivity index (χ3n) is 8.75. The summed E-state index contributed by atoms with van der Waals surface area (Å²) >= 11 is 0. The van der Waals surface area contributed by atoms with Crippen molar-refractivity contribution in [1.29, 1.82) is 0 Å². The maximum absolute atomic E-state index is 13.4. The number of carbonyl (C=O) groups is 1. The Kier molecular flexibility index (Phi) is 8.00.